The van der Waals surface area contributed by atoms with Gasteiger partial charge in [-0.1, -0.05) is 24.3 Å². The molecule has 8 nitrogen and oxygen atoms in total. The molecule has 0 bridgehead atoms. The summed E-state index contributed by atoms with van der Waals surface area (Å²) in [5.41, 5.74) is 1.02. The first-order chi connectivity index (χ1) is 17.0. The van der Waals surface area contributed by atoms with E-state index in [0.717, 1.165) is 32.2 Å². The number of alkyl halides is 2. The van der Waals surface area contributed by atoms with E-state index >= 15 is 0 Å². The molecule has 1 N–H and O–H groups in total. The molecule has 2 heterocycles. The summed E-state index contributed by atoms with van der Waals surface area (Å²) >= 11 is 0. The lowest BCUT2D eigenvalue weighted by molar-refractivity contribution is 0.116. The fraction of sp³-hybridized carbons (Fsp3) is 0.375. The smallest absolute Gasteiger partial charge is 0.322 e. The number of hydrogen-bond donors (Lipinski definition) is 1. The van der Waals surface area contributed by atoms with Crippen LogP contribution in [-0.4, -0.2) is 60.5 Å². The van der Waals surface area contributed by atoms with Crippen molar-refractivity contribution in [2.24, 2.45) is 0 Å². The van der Waals surface area contributed by atoms with E-state index in [0.29, 0.717) is 25.4 Å². The maximum atomic E-state index is 15.0. The standard InChI is InChI=1S/C24H26F3N5O3/c25-20-15-17(22-29-30-23(35-22)21(26)27)7-8-18(20)16-32(19-5-2-1-3-6-19)24(33)28-9-11-31-10-4-13-34-14-12-31/h1-3,5-8,15,21H,4,9-14,16H2,(H,28,33). The zero-order chi connectivity index (χ0) is 24.6. The fourth-order valence-electron chi connectivity index (χ4n) is 3.74. The van der Waals surface area contributed by atoms with E-state index in [1.807, 2.05) is 6.07 Å². The summed E-state index contributed by atoms with van der Waals surface area (Å²) in [6, 6.07) is 12.7. The monoisotopic (exact) mass is 489 g/mol. The second kappa shape index (κ2) is 11.8. The SMILES string of the molecule is O=C(NCCN1CCCOCC1)N(Cc1ccc(-c2nnc(C(F)F)o2)cc1F)c1ccccc1. The Morgan fingerprint density at radius 1 is 1.11 bits per heavy atom. The minimum atomic E-state index is -2.91. The van der Waals surface area contributed by atoms with Crippen LogP contribution in [0.2, 0.25) is 0 Å². The lowest BCUT2D eigenvalue weighted by Gasteiger charge is -2.25. The van der Waals surface area contributed by atoms with Crippen molar-refractivity contribution < 1.29 is 27.1 Å². The normalized spacial score (nSPS) is 14.6. The number of aromatic nitrogens is 2. The van der Waals surface area contributed by atoms with Gasteiger partial charge in [0.1, 0.15) is 5.82 Å². The van der Waals surface area contributed by atoms with Crippen LogP contribution in [0, 0.1) is 5.82 Å². The van der Waals surface area contributed by atoms with Gasteiger partial charge in [-0.3, -0.25) is 9.80 Å². The van der Waals surface area contributed by atoms with E-state index in [9.17, 15) is 18.0 Å². The number of anilines is 1. The Labute approximate surface area is 200 Å². The molecule has 1 fully saturated rings. The van der Waals surface area contributed by atoms with Gasteiger partial charge in [-0.05, 0) is 30.7 Å². The molecule has 0 saturated carbocycles. The van der Waals surface area contributed by atoms with E-state index in [-0.39, 0.29) is 29.6 Å². The van der Waals surface area contributed by atoms with Crippen LogP contribution in [-0.2, 0) is 11.3 Å². The Balaban J connectivity index is 1.45. The van der Waals surface area contributed by atoms with E-state index in [2.05, 4.69) is 20.4 Å². The summed E-state index contributed by atoms with van der Waals surface area (Å²) in [5.74, 6) is -1.66. The minimum Gasteiger partial charge on any atom is -0.415 e. The number of para-hydroxylation sites is 1. The summed E-state index contributed by atoms with van der Waals surface area (Å²) in [5, 5.41) is 9.72. The third kappa shape index (κ3) is 6.58. The van der Waals surface area contributed by atoms with Crippen LogP contribution in [0.5, 0.6) is 0 Å². The molecule has 0 atom stereocenters. The van der Waals surface area contributed by atoms with Crippen molar-refractivity contribution in [1.82, 2.24) is 20.4 Å². The quantitative estimate of drug-likeness (QED) is 0.509. The number of rotatable bonds is 8. The highest BCUT2D eigenvalue weighted by Gasteiger charge is 2.21. The van der Waals surface area contributed by atoms with E-state index in [1.54, 1.807) is 24.3 Å². The van der Waals surface area contributed by atoms with Crippen LogP contribution < -0.4 is 10.2 Å². The molecule has 1 aliphatic heterocycles. The summed E-state index contributed by atoms with van der Waals surface area (Å²) in [6.45, 7) is 4.23. The van der Waals surface area contributed by atoms with Crippen molar-refractivity contribution >= 4 is 11.7 Å². The number of halogens is 3. The number of carbonyl (C=O) groups is 1. The van der Waals surface area contributed by atoms with E-state index in [4.69, 9.17) is 9.15 Å². The van der Waals surface area contributed by atoms with Gasteiger partial charge in [0.15, 0.2) is 0 Å². The molecule has 2 amide bonds. The van der Waals surface area contributed by atoms with Gasteiger partial charge in [-0.25, -0.2) is 9.18 Å². The maximum absolute atomic E-state index is 15.0. The van der Waals surface area contributed by atoms with Gasteiger partial charge in [-0.15, -0.1) is 10.2 Å². The highest BCUT2D eigenvalue weighted by atomic mass is 19.3. The van der Waals surface area contributed by atoms with Gasteiger partial charge >= 0.3 is 12.5 Å². The van der Waals surface area contributed by atoms with Crippen LogP contribution in [0.25, 0.3) is 11.5 Å². The number of nitrogens with zero attached hydrogens (tertiary/aromatic N) is 4. The molecule has 4 rings (SSSR count). The molecular formula is C24H26F3N5O3. The van der Waals surface area contributed by atoms with Crippen molar-refractivity contribution in [2.75, 3.05) is 44.3 Å². The third-order valence-electron chi connectivity index (χ3n) is 5.59. The molecule has 0 spiro atoms. The zero-order valence-corrected chi connectivity index (χ0v) is 19.0. The lowest BCUT2D eigenvalue weighted by Crippen LogP contribution is -2.43. The van der Waals surface area contributed by atoms with Gasteiger partial charge in [-0.2, -0.15) is 8.78 Å². The number of urea groups is 1. The molecule has 1 aliphatic rings. The molecule has 1 aromatic heterocycles. The molecule has 3 aromatic rings. The van der Waals surface area contributed by atoms with Gasteiger partial charge in [0.05, 0.1) is 13.2 Å². The zero-order valence-electron chi connectivity index (χ0n) is 19.0. The Morgan fingerprint density at radius 2 is 1.94 bits per heavy atom. The lowest BCUT2D eigenvalue weighted by atomic mass is 10.1. The average Bonchev–Trinajstić information content (AvgIpc) is 3.22. The van der Waals surface area contributed by atoms with Crippen molar-refractivity contribution in [3.63, 3.8) is 0 Å². The van der Waals surface area contributed by atoms with Crippen molar-refractivity contribution in [1.29, 1.82) is 0 Å². The Morgan fingerprint density at radius 3 is 2.69 bits per heavy atom. The van der Waals surface area contributed by atoms with Crippen LogP contribution in [0.4, 0.5) is 23.7 Å². The second-order valence-corrected chi connectivity index (χ2v) is 8.01. The number of ether oxygens (including phenoxy) is 1. The predicted molar refractivity (Wildman–Crippen MR) is 123 cm³/mol. The number of benzene rings is 2. The molecule has 35 heavy (non-hydrogen) atoms. The van der Waals surface area contributed by atoms with Crippen LogP contribution >= 0.6 is 0 Å². The Kier molecular flexibility index (Phi) is 8.32. The maximum Gasteiger partial charge on any atom is 0.322 e. The molecule has 0 aliphatic carbocycles. The summed E-state index contributed by atoms with van der Waals surface area (Å²) in [4.78, 5) is 16.8. The van der Waals surface area contributed by atoms with Crippen molar-refractivity contribution in [2.45, 2.75) is 19.4 Å². The van der Waals surface area contributed by atoms with Crippen LogP contribution in [0.3, 0.4) is 0 Å². The number of amides is 2. The first-order valence-electron chi connectivity index (χ1n) is 11.3. The van der Waals surface area contributed by atoms with Gasteiger partial charge in [0.2, 0.25) is 5.89 Å². The Hall–Kier alpha value is -3.44. The first kappa shape index (κ1) is 24.7. The van der Waals surface area contributed by atoms with Gasteiger partial charge < -0.3 is 14.5 Å². The van der Waals surface area contributed by atoms with Crippen molar-refractivity contribution in [3.05, 3.63) is 65.8 Å². The van der Waals surface area contributed by atoms with Crippen LogP contribution in [0.1, 0.15) is 24.3 Å². The average molecular weight is 489 g/mol. The summed E-state index contributed by atoms with van der Waals surface area (Å²) < 4.78 is 50.7. The number of carbonyl (C=O) groups excluding carboxylic acids is 1. The van der Waals surface area contributed by atoms with E-state index in [1.165, 1.54) is 17.0 Å². The highest BCUT2D eigenvalue weighted by Crippen LogP contribution is 2.26. The third-order valence-corrected chi connectivity index (χ3v) is 5.59. The highest BCUT2D eigenvalue weighted by molar-refractivity contribution is 5.91. The molecule has 0 radical (unpaired) electrons. The molecular weight excluding hydrogens is 463 g/mol. The summed E-state index contributed by atoms with van der Waals surface area (Å²) in [7, 11) is 0. The molecule has 2 aromatic carbocycles. The van der Waals surface area contributed by atoms with Gasteiger partial charge in [0, 0.05) is 49.6 Å². The minimum absolute atomic E-state index is 0.0361. The van der Waals surface area contributed by atoms with Crippen LogP contribution in [0.15, 0.2) is 52.9 Å². The molecule has 0 unspecified atom stereocenters. The predicted octanol–water partition coefficient (Wildman–Crippen LogP) is 4.25. The number of hydrogen-bond acceptors (Lipinski definition) is 6. The fourth-order valence-corrected chi connectivity index (χ4v) is 3.74. The first-order valence-corrected chi connectivity index (χ1v) is 11.3. The molecule has 1 saturated heterocycles. The van der Waals surface area contributed by atoms with Gasteiger partial charge in [0.25, 0.3) is 5.89 Å². The largest absolute Gasteiger partial charge is 0.415 e. The topological polar surface area (TPSA) is 83.7 Å². The summed E-state index contributed by atoms with van der Waals surface area (Å²) in [6.07, 6.45) is -1.96. The number of nitrogens with one attached hydrogen (secondary N) is 1. The molecule has 186 valence electrons. The second-order valence-electron chi connectivity index (χ2n) is 8.01. The van der Waals surface area contributed by atoms with Crippen molar-refractivity contribution in [3.8, 4) is 11.5 Å². The molecule has 11 heteroatoms. The Bertz CT molecular complexity index is 1100. The van der Waals surface area contributed by atoms with E-state index < -0.39 is 18.1 Å².